The van der Waals surface area contributed by atoms with E-state index in [0.717, 1.165) is 25.7 Å². The highest BCUT2D eigenvalue weighted by atomic mass is 16.6. The van der Waals surface area contributed by atoms with E-state index in [1.54, 1.807) is 0 Å². The number of unbranched alkanes of at least 4 members (excludes halogenated alkanes) is 6. The Morgan fingerprint density at radius 2 is 1.46 bits per heavy atom. The van der Waals surface area contributed by atoms with E-state index in [9.17, 15) is 9.59 Å². The Morgan fingerprint density at radius 3 is 2.04 bits per heavy atom. The first-order valence-corrected chi connectivity index (χ1v) is 9.66. The first kappa shape index (κ1) is 22.7. The van der Waals surface area contributed by atoms with Crippen LogP contribution in [0.1, 0.15) is 85.5 Å². The average molecular weight is 344 g/mol. The zero-order chi connectivity index (χ0) is 18.2. The molecule has 5 nitrogen and oxygen atoms in total. The lowest BCUT2D eigenvalue weighted by atomic mass is 9.99. The van der Waals surface area contributed by atoms with E-state index in [4.69, 9.17) is 9.47 Å². The number of carbonyl (C=O) groups excluding carboxylic acids is 2. The van der Waals surface area contributed by atoms with E-state index >= 15 is 0 Å². The Kier molecular flexibility index (Phi) is 14.5. The normalized spacial score (nSPS) is 13.2. The zero-order valence-corrected chi connectivity index (χ0v) is 16.1. The molecule has 24 heavy (non-hydrogen) atoms. The van der Waals surface area contributed by atoms with Gasteiger partial charge in [-0.1, -0.05) is 72.6 Å². The number of ether oxygens (including phenoxy) is 2. The van der Waals surface area contributed by atoms with Crippen LogP contribution in [0.2, 0.25) is 0 Å². The molecular weight excluding hydrogens is 306 g/mol. The Morgan fingerprint density at radius 1 is 0.833 bits per heavy atom. The van der Waals surface area contributed by atoms with Crippen LogP contribution in [0.3, 0.4) is 0 Å². The third-order valence-electron chi connectivity index (χ3n) is 4.17. The fourth-order valence-corrected chi connectivity index (χ4v) is 2.35. The molecule has 5 heteroatoms. The van der Waals surface area contributed by atoms with Crippen molar-refractivity contribution >= 4 is 12.1 Å². The largest absolute Gasteiger partial charge is 0.464 e. The summed E-state index contributed by atoms with van der Waals surface area (Å²) in [7, 11) is 0. The fourth-order valence-electron chi connectivity index (χ4n) is 2.35. The van der Waals surface area contributed by atoms with Gasteiger partial charge in [0.15, 0.2) is 0 Å². The molecule has 0 aromatic rings. The molecule has 0 aromatic heterocycles. The summed E-state index contributed by atoms with van der Waals surface area (Å²) in [4.78, 5) is 23.9. The predicted octanol–water partition coefficient (Wildman–Crippen LogP) is 4.83. The summed E-state index contributed by atoms with van der Waals surface area (Å²) in [5.41, 5.74) is 0. The molecule has 142 valence electrons. The highest BCUT2D eigenvalue weighted by molar-refractivity contribution is 5.81. The SMILES string of the molecule is CCCCCCCCCOC(=O)[C@@H](NC(=O)OCCC)C(C)CC. The number of alkyl carbamates (subject to hydrolysis) is 1. The summed E-state index contributed by atoms with van der Waals surface area (Å²) in [5.74, 6) is -0.343. The lowest BCUT2D eigenvalue weighted by Gasteiger charge is -2.22. The topological polar surface area (TPSA) is 64.6 Å². The van der Waals surface area contributed by atoms with Crippen molar-refractivity contribution < 1.29 is 19.1 Å². The van der Waals surface area contributed by atoms with Crippen molar-refractivity contribution in [3.63, 3.8) is 0 Å². The Balaban J connectivity index is 4.06. The van der Waals surface area contributed by atoms with Gasteiger partial charge in [0.05, 0.1) is 13.2 Å². The number of amides is 1. The van der Waals surface area contributed by atoms with E-state index < -0.39 is 12.1 Å². The van der Waals surface area contributed by atoms with Crippen LogP contribution in [0.5, 0.6) is 0 Å². The van der Waals surface area contributed by atoms with Gasteiger partial charge in [-0.15, -0.1) is 0 Å². The van der Waals surface area contributed by atoms with Gasteiger partial charge in [0.2, 0.25) is 0 Å². The number of hydrogen-bond donors (Lipinski definition) is 1. The maximum atomic E-state index is 12.2. The van der Waals surface area contributed by atoms with Gasteiger partial charge in [-0.2, -0.15) is 0 Å². The molecule has 1 unspecified atom stereocenters. The molecule has 0 aliphatic rings. The van der Waals surface area contributed by atoms with Crippen LogP contribution in [-0.2, 0) is 14.3 Å². The van der Waals surface area contributed by atoms with Gasteiger partial charge < -0.3 is 14.8 Å². The van der Waals surface area contributed by atoms with Crippen molar-refractivity contribution in [2.45, 2.75) is 91.5 Å². The fraction of sp³-hybridized carbons (Fsp3) is 0.895. The van der Waals surface area contributed by atoms with Crippen LogP contribution in [-0.4, -0.2) is 31.3 Å². The minimum Gasteiger partial charge on any atom is -0.464 e. The average Bonchev–Trinajstić information content (AvgIpc) is 2.59. The number of carbonyl (C=O) groups is 2. The molecule has 0 radical (unpaired) electrons. The van der Waals surface area contributed by atoms with E-state index in [-0.39, 0.29) is 11.9 Å². The summed E-state index contributed by atoms with van der Waals surface area (Å²) in [5, 5.41) is 2.64. The third-order valence-corrected chi connectivity index (χ3v) is 4.17. The van der Waals surface area contributed by atoms with Gasteiger partial charge in [0, 0.05) is 0 Å². The molecule has 0 aromatic carbocycles. The number of nitrogens with one attached hydrogen (secondary N) is 1. The molecule has 0 saturated carbocycles. The van der Waals surface area contributed by atoms with Gasteiger partial charge >= 0.3 is 12.1 Å². The summed E-state index contributed by atoms with van der Waals surface area (Å²) in [6, 6.07) is -0.635. The Hall–Kier alpha value is -1.26. The van der Waals surface area contributed by atoms with Gasteiger partial charge in [0.1, 0.15) is 6.04 Å². The van der Waals surface area contributed by atoms with Crippen LogP contribution in [0.15, 0.2) is 0 Å². The second kappa shape index (κ2) is 15.3. The van der Waals surface area contributed by atoms with Crippen LogP contribution in [0.4, 0.5) is 4.79 Å². The lowest BCUT2D eigenvalue weighted by molar-refractivity contribution is -0.147. The predicted molar refractivity (Wildman–Crippen MR) is 97.0 cm³/mol. The monoisotopic (exact) mass is 343 g/mol. The highest BCUT2D eigenvalue weighted by Crippen LogP contribution is 2.11. The standard InChI is InChI=1S/C19H37NO4/c1-5-8-9-10-11-12-13-15-23-18(21)17(16(4)7-3)20-19(22)24-14-6-2/h16-17H,5-15H2,1-4H3,(H,20,22)/t16?,17-/m0/s1. The van der Waals surface area contributed by atoms with E-state index in [0.29, 0.717) is 13.2 Å². The Labute approximate surface area is 147 Å². The summed E-state index contributed by atoms with van der Waals surface area (Å²) in [6.45, 7) is 8.83. The summed E-state index contributed by atoms with van der Waals surface area (Å²) < 4.78 is 10.3. The van der Waals surface area contributed by atoms with E-state index in [2.05, 4.69) is 12.2 Å². The minimum atomic E-state index is -0.635. The van der Waals surface area contributed by atoms with Gasteiger partial charge in [-0.25, -0.2) is 9.59 Å². The van der Waals surface area contributed by atoms with Crippen LogP contribution < -0.4 is 5.32 Å². The van der Waals surface area contributed by atoms with Crippen LogP contribution >= 0.6 is 0 Å². The molecule has 0 aliphatic heterocycles. The third kappa shape index (κ3) is 11.3. The molecule has 0 bridgehead atoms. The number of rotatable bonds is 14. The molecule has 0 aliphatic carbocycles. The maximum Gasteiger partial charge on any atom is 0.407 e. The van der Waals surface area contributed by atoms with Crippen LogP contribution in [0, 0.1) is 5.92 Å². The van der Waals surface area contributed by atoms with Crippen molar-refractivity contribution in [2.75, 3.05) is 13.2 Å². The molecule has 2 atom stereocenters. The second-order valence-electron chi connectivity index (χ2n) is 6.43. The molecule has 0 spiro atoms. The molecular formula is C19H37NO4. The van der Waals surface area contributed by atoms with E-state index in [1.807, 2.05) is 20.8 Å². The van der Waals surface area contributed by atoms with Crippen molar-refractivity contribution in [1.82, 2.24) is 5.32 Å². The molecule has 1 N–H and O–H groups in total. The van der Waals surface area contributed by atoms with Crippen molar-refractivity contribution in [2.24, 2.45) is 5.92 Å². The highest BCUT2D eigenvalue weighted by Gasteiger charge is 2.27. The second-order valence-corrected chi connectivity index (χ2v) is 6.43. The first-order chi connectivity index (χ1) is 11.6. The molecule has 0 saturated heterocycles. The zero-order valence-electron chi connectivity index (χ0n) is 16.1. The van der Waals surface area contributed by atoms with Gasteiger partial charge in [-0.05, 0) is 18.8 Å². The van der Waals surface area contributed by atoms with Crippen molar-refractivity contribution in [1.29, 1.82) is 0 Å². The summed E-state index contributed by atoms with van der Waals surface area (Å²) in [6.07, 6.45) is 9.23. The molecule has 0 rings (SSSR count). The van der Waals surface area contributed by atoms with Crippen molar-refractivity contribution in [3.05, 3.63) is 0 Å². The molecule has 0 fully saturated rings. The van der Waals surface area contributed by atoms with Crippen molar-refractivity contribution in [3.8, 4) is 0 Å². The minimum absolute atomic E-state index is 0.0146. The smallest absolute Gasteiger partial charge is 0.407 e. The van der Waals surface area contributed by atoms with Crippen LogP contribution in [0.25, 0.3) is 0 Å². The quantitative estimate of drug-likeness (QED) is 0.362. The Bertz CT molecular complexity index is 333. The number of esters is 1. The van der Waals surface area contributed by atoms with E-state index in [1.165, 1.54) is 32.1 Å². The number of hydrogen-bond acceptors (Lipinski definition) is 4. The first-order valence-electron chi connectivity index (χ1n) is 9.66. The molecule has 0 heterocycles. The van der Waals surface area contributed by atoms with Gasteiger partial charge in [-0.3, -0.25) is 0 Å². The lowest BCUT2D eigenvalue weighted by Crippen LogP contribution is -2.46. The summed E-state index contributed by atoms with van der Waals surface area (Å²) >= 11 is 0. The maximum absolute atomic E-state index is 12.2. The molecule has 1 amide bonds. The van der Waals surface area contributed by atoms with Gasteiger partial charge in [0.25, 0.3) is 0 Å².